The summed E-state index contributed by atoms with van der Waals surface area (Å²) in [7, 11) is 0. The zero-order chi connectivity index (χ0) is 22.9. The van der Waals surface area contributed by atoms with Crippen molar-refractivity contribution in [2.45, 2.75) is 53.2 Å². The molecule has 3 atom stereocenters. The van der Waals surface area contributed by atoms with Crippen molar-refractivity contribution in [1.29, 1.82) is 0 Å². The number of ether oxygens (including phenoxy) is 1. The Bertz CT molecular complexity index is 1020. The van der Waals surface area contributed by atoms with E-state index in [4.69, 9.17) is 4.74 Å². The Kier molecular flexibility index (Phi) is 6.43. The lowest BCUT2D eigenvalue weighted by molar-refractivity contribution is -0.151. The minimum Gasteiger partial charge on any atom is -0.454 e. The fourth-order valence-corrected chi connectivity index (χ4v) is 4.23. The third-order valence-corrected chi connectivity index (χ3v) is 5.94. The number of Topliss-reactive ketones (excluding diaryl/α,β-unsaturated/α-hetero) is 2. The predicted octanol–water partition coefficient (Wildman–Crippen LogP) is 3.56. The normalized spacial score (nSPS) is 18.0. The molecule has 1 aromatic heterocycles. The smallest absolute Gasteiger partial charge is 0.311 e. The van der Waals surface area contributed by atoms with Gasteiger partial charge in [0.2, 0.25) is 11.7 Å². The summed E-state index contributed by atoms with van der Waals surface area (Å²) in [4.78, 5) is 54.4. The zero-order valence-corrected chi connectivity index (χ0v) is 18.5. The number of rotatable bonds is 7. The Labute approximate surface area is 181 Å². The zero-order valence-electron chi connectivity index (χ0n) is 18.5. The number of nitrogens with one attached hydrogen (secondary N) is 1. The largest absolute Gasteiger partial charge is 0.454 e. The molecule has 164 valence electrons. The minimum atomic E-state index is -1.03. The Balaban J connectivity index is 1.66. The third-order valence-electron chi connectivity index (χ3n) is 5.94. The lowest BCUT2D eigenvalue weighted by Crippen LogP contribution is -2.32. The molecule has 2 aromatic rings. The second-order valence-corrected chi connectivity index (χ2v) is 8.16. The Morgan fingerprint density at radius 1 is 1.13 bits per heavy atom. The van der Waals surface area contributed by atoms with Gasteiger partial charge in [-0.15, -0.1) is 0 Å². The molecule has 2 heterocycles. The molecule has 0 aliphatic carbocycles. The van der Waals surface area contributed by atoms with E-state index in [1.165, 1.54) is 13.8 Å². The number of hydrogen-bond donors (Lipinski definition) is 1. The maximum atomic E-state index is 12.8. The summed E-state index contributed by atoms with van der Waals surface area (Å²) in [5.41, 5.74) is 2.90. The van der Waals surface area contributed by atoms with Gasteiger partial charge in [-0.25, -0.2) is 0 Å². The van der Waals surface area contributed by atoms with Crippen molar-refractivity contribution in [2.75, 3.05) is 6.54 Å². The number of amides is 1. The van der Waals surface area contributed by atoms with E-state index in [2.05, 4.69) is 4.98 Å². The van der Waals surface area contributed by atoms with E-state index in [1.54, 1.807) is 18.7 Å². The second-order valence-electron chi connectivity index (χ2n) is 8.16. The number of nitrogens with zero attached hydrogens (tertiary/aromatic N) is 1. The molecule has 1 aromatic carbocycles. The highest BCUT2D eigenvalue weighted by Gasteiger charge is 2.39. The number of esters is 1. The number of aryl methyl sites for hydroxylation is 1. The van der Waals surface area contributed by atoms with Crippen molar-refractivity contribution >= 4 is 23.4 Å². The number of H-pyrrole nitrogens is 1. The van der Waals surface area contributed by atoms with Crippen LogP contribution in [0.5, 0.6) is 0 Å². The van der Waals surface area contributed by atoms with E-state index >= 15 is 0 Å². The van der Waals surface area contributed by atoms with Crippen LogP contribution < -0.4 is 0 Å². The van der Waals surface area contributed by atoms with Crippen molar-refractivity contribution in [2.24, 2.45) is 5.92 Å². The first-order valence-electron chi connectivity index (χ1n) is 10.4. The average molecular weight is 424 g/mol. The molecule has 31 heavy (non-hydrogen) atoms. The first-order valence-corrected chi connectivity index (χ1v) is 10.4. The maximum Gasteiger partial charge on any atom is 0.311 e. The fourth-order valence-electron chi connectivity index (χ4n) is 4.23. The van der Waals surface area contributed by atoms with Crippen LogP contribution in [-0.2, 0) is 14.3 Å². The summed E-state index contributed by atoms with van der Waals surface area (Å²) in [5.74, 6) is -1.83. The van der Waals surface area contributed by atoms with Gasteiger partial charge in [0.05, 0.1) is 17.7 Å². The number of carbonyl (C=O) groups is 4. The van der Waals surface area contributed by atoms with E-state index in [1.807, 2.05) is 37.3 Å². The monoisotopic (exact) mass is 424 g/mol. The highest BCUT2D eigenvalue weighted by molar-refractivity contribution is 6.05. The fraction of sp³-hybridized carbons (Fsp3) is 0.417. The van der Waals surface area contributed by atoms with Crippen LogP contribution in [0.4, 0.5) is 0 Å². The highest BCUT2D eigenvalue weighted by atomic mass is 16.5. The standard InChI is InChI=1S/C24H28N2O5/c1-13-21(16(4)27)14(2)25-22(13)23(29)17(5)31-24(30)19-11-20(28)26(12-19)15(3)18-9-7-6-8-10-18/h6-10,15,17,19,25H,11-12H2,1-5H3/t15-,17-,19-/m0/s1. The van der Waals surface area contributed by atoms with Gasteiger partial charge in [0.25, 0.3) is 0 Å². The van der Waals surface area contributed by atoms with Gasteiger partial charge in [0.1, 0.15) is 0 Å². The van der Waals surface area contributed by atoms with E-state index in [-0.39, 0.29) is 36.4 Å². The van der Waals surface area contributed by atoms with E-state index < -0.39 is 23.8 Å². The molecule has 1 saturated heterocycles. The molecule has 0 radical (unpaired) electrons. The van der Waals surface area contributed by atoms with Crippen LogP contribution in [0, 0.1) is 19.8 Å². The van der Waals surface area contributed by atoms with Gasteiger partial charge >= 0.3 is 5.97 Å². The summed E-state index contributed by atoms with van der Waals surface area (Å²) in [6.45, 7) is 8.55. The summed E-state index contributed by atoms with van der Waals surface area (Å²) >= 11 is 0. The van der Waals surface area contributed by atoms with Gasteiger partial charge in [-0.2, -0.15) is 0 Å². The van der Waals surface area contributed by atoms with Gasteiger partial charge in [-0.05, 0) is 45.7 Å². The molecule has 1 N–H and O–H groups in total. The molecule has 1 aliphatic heterocycles. The first kappa shape index (κ1) is 22.5. The Morgan fingerprint density at radius 3 is 2.35 bits per heavy atom. The summed E-state index contributed by atoms with van der Waals surface area (Å²) in [5, 5.41) is 0. The topological polar surface area (TPSA) is 96.5 Å². The van der Waals surface area contributed by atoms with Crippen molar-refractivity contribution in [1.82, 2.24) is 9.88 Å². The molecule has 0 unspecified atom stereocenters. The van der Waals surface area contributed by atoms with Crippen molar-refractivity contribution in [3.63, 3.8) is 0 Å². The second kappa shape index (κ2) is 8.88. The van der Waals surface area contributed by atoms with Crippen LogP contribution in [0.2, 0.25) is 0 Å². The molecule has 3 rings (SSSR count). The maximum absolute atomic E-state index is 12.8. The molecular formula is C24H28N2O5. The van der Waals surface area contributed by atoms with Crippen molar-refractivity contribution in [3.05, 3.63) is 58.4 Å². The number of aromatic amines is 1. The average Bonchev–Trinajstić information content (AvgIpc) is 3.26. The summed E-state index contributed by atoms with van der Waals surface area (Å²) in [6.07, 6.45) is -0.966. The molecule has 0 spiro atoms. The minimum absolute atomic E-state index is 0.0615. The number of hydrogen-bond acceptors (Lipinski definition) is 5. The van der Waals surface area contributed by atoms with Crippen molar-refractivity contribution in [3.8, 4) is 0 Å². The molecule has 1 fully saturated rings. The van der Waals surface area contributed by atoms with Crippen LogP contribution in [0.3, 0.4) is 0 Å². The van der Waals surface area contributed by atoms with E-state index in [0.717, 1.165) is 5.56 Å². The molecular weight excluding hydrogens is 396 g/mol. The van der Waals surface area contributed by atoms with Gasteiger partial charge < -0.3 is 14.6 Å². The van der Waals surface area contributed by atoms with E-state index in [9.17, 15) is 19.2 Å². The molecule has 7 heteroatoms. The molecule has 0 saturated carbocycles. The van der Waals surface area contributed by atoms with Gasteiger partial charge in [-0.1, -0.05) is 30.3 Å². The molecule has 0 bridgehead atoms. The molecule has 7 nitrogen and oxygen atoms in total. The van der Waals surface area contributed by atoms with Crippen LogP contribution in [-0.4, -0.2) is 46.0 Å². The van der Waals surface area contributed by atoms with Crippen molar-refractivity contribution < 1.29 is 23.9 Å². The lowest BCUT2D eigenvalue weighted by atomic mass is 10.0. The number of benzene rings is 1. The quantitative estimate of drug-likeness (QED) is 0.542. The number of ketones is 2. The predicted molar refractivity (Wildman–Crippen MR) is 115 cm³/mol. The molecule has 1 aliphatic rings. The van der Waals surface area contributed by atoms with Crippen LogP contribution in [0.1, 0.15) is 70.9 Å². The lowest BCUT2D eigenvalue weighted by Gasteiger charge is -2.25. The van der Waals surface area contributed by atoms with Crippen LogP contribution >= 0.6 is 0 Å². The summed E-state index contributed by atoms with van der Waals surface area (Å²) in [6, 6.07) is 9.47. The summed E-state index contributed by atoms with van der Waals surface area (Å²) < 4.78 is 5.42. The Morgan fingerprint density at radius 2 is 1.77 bits per heavy atom. The Hall–Kier alpha value is -3.22. The van der Waals surface area contributed by atoms with E-state index in [0.29, 0.717) is 16.8 Å². The number of carbonyl (C=O) groups excluding carboxylic acids is 4. The van der Waals surface area contributed by atoms with Gasteiger partial charge in [0, 0.05) is 24.2 Å². The third kappa shape index (κ3) is 4.45. The highest BCUT2D eigenvalue weighted by Crippen LogP contribution is 2.29. The van der Waals surface area contributed by atoms with Gasteiger partial charge in [0.15, 0.2) is 11.9 Å². The van der Waals surface area contributed by atoms with Crippen LogP contribution in [0.15, 0.2) is 30.3 Å². The molecule has 1 amide bonds. The van der Waals surface area contributed by atoms with Crippen LogP contribution in [0.25, 0.3) is 0 Å². The SMILES string of the molecule is CC(=O)c1c(C)[nH]c(C(=O)[C@H](C)OC(=O)[C@H]2CC(=O)N([C@@H](C)c3ccccc3)C2)c1C. The first-order chi connectivity index (χ1) is 14.6. The number of aromatic nitrogens is 1. The van der Waals surface area contributed by atoms with Gasteiger partial charge in [-0.3, -0.25) is 19.2 Å². The number of likely N-dealkylation sites (tertiary alicyclic amines) is 1.